The maximum atomic E-state index is 6.14. The first-order valence-corrected chi connectivity index (χ1v) is 10.7. The predicted octanol–water partition coefficient (Wildman–Crippen LogP) is 4.32. The van der Waals surface area contributed by atoms with Gasteiger partial charge in [0.1, 0.15) is 0 Å². The number of rotatable bonds is 6. The highest BCUT2D eigenvalue weighted by Gasteiger charge is 2.20. The van der Waals surface area contributed by atoms with Crippen molar-refractivity contribution in [3.63, 3.8) is 0 Å². The molecule has 0 bridgehead atoms. The zero-order valence-corrected chi connectivity index (χ0v) is 18.1. The average Bonchev–Trinajstić information content (AvgIpc) is 3.05. The molecule has 0 aliphatic carbocycles. The Morgan fingerprint density at radius 2 is 1.83 bits per heavy atom. The lowest BCUT2D eigenvalue weighted by Crippen LogP contribution is -2.47. The maximum Gasteiger partial charge on any atom is 0.199 e. The van der Waals surface area contributed by atoms with E-state index in [1.54, 1.807) is 12.4 Å². The van der Waals surface area contributed by atoms with E-state index in [4.69, 9.17) is 28.9 Å². The van der Waals surface area contributed by atoms with Crippen LogP contribution in [0.4, 0.5) is 5.69 Å². The van der Waals surface area contributed by atoms with Crippen LogP contribution in [0.1, 0.15) is 13.3 Å². The summed E-state index contributed by atoms with van der Waals surface area (Å²) in [5.41, 5.74) is 2.23. The Morgan fingerprint density at radius 1 is 1.07 bits per heavy atom. The van der Waals surface area contributed by atoms with Crippen molar-refractivity contribution < 1.29 is 0 Å². The zero-order chi connectivity index (χ0) is 20.2. The molecular formula is C21H25ClN6S. The summed E-state index contributed by atoms with van der Waals surface area (Å²) in [4.78, 5) is 8.89. The lowest BCUT2D eigenvalue weighted by molar-refractivity contribution is 0.194. The number of hydrogen-bond acceptors (Lipinski definition) is 5. The van der Waals surface area contributed by atoms with E-state index in [-0.39, 0.29) is 0 Å². The van der Waals surface area contributed by atoms with Gasteiger partial charge in [-0.2, -0.15) is 5.10 Å². The molecule has 0 unspecified atom stereocenters. The van der Waals surface area contributed by atoms with Gasteiger partial charge in [0.05, 0.1) is 6.67 Å². The molecule has 1 aliphatic heterocycles. The molecule has 1 aromatic carbocycles. The van der Waals surface area contributed by atoms with Gasteiger partial charge in [0.15, 0.2) is 10.6 Å². The van der Waals surface area contributed by atoms with Crippen LogP contribution in [0, 0.1) is 4.77 Å². The predicted molar refractivity (Wildman–Crippen MR) is 120 cm³/mol. The molecule has 8 heteroatoms. The van der Waals surface area contributed by atoms with E-state index in [1.807, 2.05) is 35.0 Å². The number of pyridine rings is 1. The zero-order valence-electron chi connectivity index (χ0n) is 16.5. The van der Waals surface area contributed by atoms with Crippen molar-refractivity contribution in [1.29, 1.82) is 0 Å². The van der Waals surface area contributed by atoms with Crippen molar-refractivity contribution in [2.24, 2.45) is 0 Å². The summed E-state index contributed by atoms with van der Waals surface area (Å²) in [6.45, 7) is 7.56. The van der Waals surface area contributed by atoms with Crippen LogP contribution in [0.5, 0.6) is 0 Å². The smallest absolute Gasteiger partial charge is 0.199 e. The number of nitrogens with zero attached hydrogens (tertiary/aromatic N) is 6. The summed E-state index contributed by atoms with van der Waals surface area (Å²) in [6, 6.07) is 12.0. The average molecular weight is 429 g/mol. The molecule has 152 valence electrons. The molecule has 0 spiro atoms. The highest BCUT2D eigenvalue weighted by Crippen LogP contribution is 2.22. The Balaban J connectivity index is 1.48. The van der Waals surface area contributed by atoms with Gasteiger partial charge < -0.3 is 4.90 Å². The first kappa shape index (κ1) is 20.1. The second kappa shape index (κ2) is 9.07. The molecule has 1 saturated heterocycles. The largest absolute Gasteiger partial charge is 0.369 e. The minimum Gasteiger partial charge on any atom is -0.369 e. The minimum atomic E-state index is 0.705. The molecule has 29 heavy (non-hydrogen) atoms. The second-order valence-corrected chi connectivity index (χ2v) is 8.02. The highest BCUT2D eigenvalue weighted by molar-refractivity contribution is 7.71. The van der Waals surface area contributed by atoms with Crippen LogP contribution in [0.3, 0.4) is 0 Å². The molecule has 2 aromatic heterocycles. The third-order valence-corrected chi connectivity index (χ3v) is 5.85. The van der Waals surface area contributed by atoms with Gasteiger partial charge in [0, 0.05) is 61.4 Å². The fourth-order valence-electron chi connectivity index (χ4n) is 3.68. The van der Waals surface area contributed by atoms with Gasteiger partial charge in [0.2, 0.25) is 0 Å². The SMILES string of the molecule is CCCn1c(-c2ccncc2)nn(CN2CCN(c3cccc(Cl)c3)CC2)c1=S. The fraction of sp³-hybridized carbons (Fsp3) is 0.381. The van der Waals surface area contributed by atoms with Crippen LogP contribution < -0.4 is 4.90 Å². The minimum absolute atomic E-state index is 0.705. The van der Waals surface area contributed by atoms with Crippen LogP contribution in [0.2, 0.25) is 5.02 Å². The van der Waals surface area contributed by atoms with Crippen molar-refractivity contribution in [3.8, 4) is 11.4 Å². The molecule has 6 nitrogen and oxygen atoms in total. The fourth-order valence-corrected chi connectivity index (χ4v) is 4.14. The Bertz CT molecular complexity index is 1010. The molecule has 1 aliphatic rings. The monoisotopic (exact) mass is 428 g/mol. The van der Waals surface area contributed by atoms with E-state index in [0.717, 1.165) is 60.3 Å². The van der Waals surface area contributed by atoms with Gasteiger partial charge >= 0.3 is 0 Å². The normalized spacial score (nSPS) is 15.0. The molecule has 3 heterocycles. The van der Waals surface area contributed by atoms with Crippen LogP contribution in [-0.4, -0.2) is 50.4 Å². The summed E-state index contributed by atoms with van der Waals surface area (Å²) < 4.78 is 4.86. The number of halogens is 1. The van der Waals surface area contributed by atoms with Crippen molar-refractivity contribution in [3.05, 3.63) is 58.6 Å². The van der Waals surface area contributed by atoms with Gasteiger partial charge in [-0.1, -0.05) is 24.6 Å². The van der Waals surface area contributed by atoms with Gasteiger partial charge in [-0.25, -0.2) is 4.68 Å². The van der Waals surface area contributed by atoms with E-state index in [9.17, 15) is 0 Å². The Morgan fingerprint density at radius 3 is 2.52 bits per heavy atom. The number of benzene rings is 1. The molecule has 1 fully saturated rings. The summed E-state index contributed by atoms with van der Waals surface area (Å²) in [7, 11) is 0. The summed E-state index contributed by atoms with van der Waals surface area (Å²) >= 11 is 11.9. The number of anilines is 1. The first-order chi connectivity index (χ1) is 14.2. The molecule has 0 radical (unpaired) electrons. The van der Waals surface area contributed by atoms with E-state index in [0.29, 0.717) is 6.67 Å². The van der Waals surface area contributed by atoms with E-state index >= 15 is 0 Å². The van der Waals surface area contributed by atoms with Crippen molar-refractivity contribution in [2.45, 2.75) is 26.6 Å². The van der Waals surface area contributed by atoms with Crippen LogP contribution in [0.15, 0.2) is 48.8 Å². The quantitative estimate of drug-likeness (QED) is 0.547. The highest BCUT2D eigenvalue weighted by atomic mass is 35.5. The van der Waals surface area contributed by atoms with Crippen LogP contribution >= 0.6 is 23.8 Å². The molecule has 3 aromatic rings. The van der Waals surface area contributed by atoms with E-state index in [1.165, 1.54) is 5.69 Å². The Kier molecular flexibility index (Phi) is 6.28. The lowest BCUT2D eigenvalue weighted by atomic mass is 10.2. The molecule has 4 rings (SSSR count). The molecule has 0 saturated carbocycles. The third kappa shape index (κ3) is 4.52. The van der Waals surface area contributed by atoms with Crippen LogP contribution in [-0.2, 0) is 13.2 Å². The van der Waals surface area contributed by atoms with Crippen molar-refractivity contribution >= 4 is 29.5 Å². The van der Waals surface area contributed by atoms with Gasteiger partial charge in [-0.15, -0.1) is 0 Å². The summed E-state index contributed by atoms with van der Waals surface area (Å²) in [5, 5.41) is 5.64. The van der Waals surface area contributed by atoms with Gasteiger partial charge in [-0.05, 0) is 49.0 Å². The number of piperazine rings is 1. The molecule has 0 atom stereocenters. The number of aromatic nitrogens is 4. The Labute approximate surface area is 181 Å². The first-order valence-electron chi connectivity index (χ1n) is 9.96. The lowest BCUT2D eigenvalue weighted by Gasteiger charge is -2.35. The number of hydrogen-bond donors (Lipinski definition) is 0. The van der Waals surface area contributed by atoms with E-state index < -0.39 is 0 Å². The van der Waals surface area contributed by atoms with Gasteiger partial charge in [0.25, 0.3) is 0 Å². The van der Waals surface area contributed by atoms with Gasteiger partial charge in [-0.3, -0.25) is 14.5 Å². The van der Waals surface area contributed by atoms with E-state index in [2.05, 4.69) is 32.3 Å². The summed E-state index contributed by atoms with van der Waals surface area (Å²) in [5.74, 6) is 0.914. The maximum absolute atomic E-state index is 6.14. The molecule has 0 N–H and O–H groups in total. The topological polar surface area (TPSA) is 42.1 Å². The second-order valence-electron chi connectivity index (χ2n) is 7.22. The molecule has 0 amide bonds. The summed E-state index contributed by atoms with van der Waals surface area (Å²) in [6.07, 6.45) is 4.60. The van der Waals surface area contributed by atoms with Crippen LogP contribution in [0.25, 0.3) is 11.4 Å². The standard InChI is InChI=1S/C21H25ClN6S/c1-2-10-27-20(17-6-8-23-9-7-17)24-28(21(27)29)16-25-11-13-26(14-12-25)19-5-3-4-18(22)15-19/h3-9,15H,2,10-14,16H2,1H3. The third-order valence-electron chi connectivity index (χ3n) is 5.19. The van der Waals surface area contributed by atoms with Crippen molar-refractivity contribution in [1.82, 2.24) is 24.2 Å². The Hall–Kier alpha value is -2.22. The molecular weight excluding hydrogens is 404 g/mol. The van der Waals surface area contributed by atoms with Crippen molar-refractivity contribution in [2.75, 3.05) is 31.1 Å².